The van der Waals surface area contributed by atoms with Crippen molar-refractivity contribution in [3.05, 3.63) is 0 Å². The van der Waals surface area contributed by atoms with Gasteiger partial charge in [0.05, 0.1) is 17.1 Å². The summed E-state index contributed by atoms with van der Waals surface area (Å²) in [7, 11) is 0. The number of rotatable bonds is 4. The summed E-state index contributed by atoms with van der Waals surface area (Å²) in [5.74, 6) is -0.277. The summed E-state index contributed by atoms with van der Waals surface area (Å²) in [6.07, 6.45) is 4.99. The number of carboxylic acids is 1. The maximum atomic E-state index is 11.4. The van der Waals surface area contributed by atoms with Crippen molar-refractivity contribution >= 4 is 5.97 Å². The minimum atomic E-state index is -0.650. The first-order valence-corrected chi connectivity index (χ1v) is 6.25. The molecule has 2 unspecified atom stereocenters. The van der Waals surface area contributed by atoms with E-state index in [1.807, 2.05) is 6.92 Å². The molecule has 1 saturated carbocycles. The molecule has 0 spiro atoms. The Bertz CT molecular complexity index is 294. The van der Waals surface area contributed by atoms with Gasteiger partial charge < -0.3 is 9.84 Å². The van der Waals surface area contributed by atoms with Gasteiger partial charge in [-0.2, -0.15) is 0 Å². The summed E-state index contributed by atoms with van der Waals surface area (Å²) in [6, 6.07) is 0. The molecule has 1 saturated heterocycles. The smallest absolute Gasteiger partial charge is 0.309 e. The molecule has 0 amide bonds. The molecule has 0 bridgehead atoms. The van der Waals surface area contributed by atoms with Crippen molar-refractivity contribution in [2.75, 3.05) is 0 Å². The van der Waals surface area contributed by atoms with Crippen LogP contribution in [0.3, 0.4) is 0 Å². The Labute approximate surface area is 97.2 Å². The Hall–Kier alpha value is -0.570. The summed E-state index contributed by atoms with van der Waals surface area (Å²) in [6.45, 7) is 6.06. The molecular formula is C13H22O3. The highest BCUT2D eigenvalue weighted by Crippen LogP contribution is 2.50. The van der Waals surface area contributed by atoms with Gasteiger partial charge in [-0.1, -0.05) is 0 Å². The summed E-state index contributed by atoms with van der Waals surface area (Å²) in [4.78, 5) is 11.4. The van der Waals surface area contributed by atoms with Crippen LogP contribution in [0.5, 0.6) is 0 Å². The minimum absolute atomic E-state index is 0.0619. The first kappa shape index (κ1) is 11.9. The van der Waals surface area contributed by atoms with Crippen LogP contribution in [0.1, 0.15) is 52.9 Å². The molecule has 1 aliphatic carbocycles. The largest absolute Gasteiger partial charge is 0.481 e. The molecule has 3 heteroatoms. The Morgan fingerprint density at radius 3 is 2.44 bits per heavy atom. The number of hydrogen-bond acceptors (Lipinski definition) is 2. The predicted octanol–water partition coefficient (Wildman–Crippen LogP) is 2.84. The highest BCUT2D eigenvalue weighted by atomic mass is 16.5. The van der Waals surface area contributed by atoms with Gasteiger partial charge in [-0.25, -0.2) is 0 Å². The molecule has 1 heterocycles. The normalized spacial score (nSPS) is 32.3. The quantitative estimate of drug-likeness (QED) is 0.801. The van der Waals surface area contributed by atoms with Crippen molar-refractivity contribution in [1.29, 1.82) is 0 Å². The van der Waals surface area contributed by atoms with Crippen LogP contribution in [-0.2, 0) is 9.53 Å². The molecule has 3 nitrogen and oxygen atoms in total. The van der Waals surface area contributed by atoms with E-state index in [1.54, 1.807) is 0 Å². The second-order valence-electron chi connectivity index (χ2n) is 6.24. The van der Waals surface area contributed by atoms with E-state index < -0.39 is 11.4 Å². The molecule has 0 aromatic carbocycles. The molecule has 0 aromatic heterocycles. The highest BCUT2D eigenvalue weighted by Gasteiger charge is 2.49. The van der Waals surface area contributed by atoms with Crippen molar-refractivity contribution in [1.82, 2.24) is 0 Å². The first-order valence-electron chi connectivity index (χ1n) is 6.25. The van der Waals surface area contributed by atoms with Gasteiger partial charge in [0.1, 0.15) is 0 Å². The zero-order chi connectivity index (χ0) is 12.0. The fraction of sp³-hybridized carbons (Fsp3) is 0.923. The van der Waals surface area contributed by atoms with Crippen molar-refractivity contribution < 1.29 is 14.6 Å². The Kier molecular flexibility index (Phi) is 2.77. The van der Waals surface area contributed by atoms with Gasteiger partial charge in [0.2, 0.25) is 0 Å². The summed E-state index contributed by atoms with van der Waals surface area (Å²) in [5, 5.41) is 9.38. The number of ether oxygens (including phenoxy) is 1. The average molecular weight is 226 g/mol. The molecule has 1 N–H and O–H groups in total. The molecular weight excluding hydrogens is 204 g/mol. The zero-order valence-electron chi connectivity index (χ0n) is 10.5. The average Bonchev–Trinajstić information content (AvgIpc) is 2.93. The molecule has 1 aliphatic heterocycles. The predicted molar refractivity (Wildman–Crippen MR) is 61.3 cm³/mol. The molecule has 2 atom stereocenters. The lowest BCUT2D eigenvalue weighted by molar-refractivity contribution is -0.152. The molecule has 2 rings (SSSR count). The van der Waals surface area contributed by atoms with Crippen LogP contribution in [0.2, 0.25) is 0 Å². The zero-order valence-corrected chi connectivity index (χ0v) is 10.5. The summed E-state index contributed by atoms with van der Waals surface area (Å²) < 4.78 is 5.91. The molecule has 2 aliphatic rings. The minimum Gasteiger partial charge on any atom is -0.481 e. The van der Waals surface area contributed by atoms with Crippen LogP contribution in [-0.4, -0.2) is 22.8 Å². The number of hydrogen-bond donors (Lipinski definition) is 1. The van der Waals surface area contributed by atoms with Gasteiger partial charge in [-0.15, -0.1) is 0 Å². The van der Waals surface area contributed by atoms with Gasteiger partial charge in [-0.05, 0) is 58.8 Å². The molecule has 0 aromatic rings. The molecule has 0 radical (unpaired) electrons. The third-order valence-electron chi connectivity index (χ3n) is 4.17. The van der Waals surface area contributed by atoms with Crippen molar-refractivity contribution in [3.8, 4) is 0 Å². The van der Waals surface area contributed by atoms with Crippen molar-refractivity contribution in [3.63, 3.8) is 0 Å². The van der Waals surface area contributed by atoms with E-state index >= 15 is 0 Å². The number of aliphatic carboxylic acids is 1. The molecule has 2 fully saturated rings. The van der Waals surface area contributed by atoms with Gasteiger partial charge >= 0.3 is 5.97 Å². The van der Waals surface area contributed by atoms with Crippen LogP contribution < -0.4 is 0 Å². The maximum absolute atomic E-state index is 11.4. The van der Waals surface area contributed by atoms with Gasteiger partial charge in [0, 0.05) is 0 Å². The maximum Gasteiger partial charge on any atom is 0.309 e. The van der Waals surface area contributed by atoms with E-state index in [-0.39, 0.29) is 11.7 Å². The standard InChI is InChI=1S/C13H22O3/c1-12(2)7-6-10(16-12)8-13(3,11(14)15)9-4-5-9/h9-10H,4-8H2,1-3H3,(H,14,15). The van der Waals surface area contributed by atoms with Gasteiger partial charge in [0.25, 0.3) is 0 Å². The second kappa shape index (κ2) is 3.73. The van der Waals surface area contributed by atoms with Crippen LogP contribution in [0, 0.1) is 11.3 Å². The summed E-state index contributed by atoms with van der Waals surface area (Å²) in [5.41, 5.74) is -0.626. The lowest BCUT2D eigenvalue weighted by Crippen LogP contribution is -2.34. The third kappa shape index (κ3) is 2.24. The third-order valence-corrected chi connectivity index (χ3v) is 4.17. The molecule has 92 valence electrons. The van der Waals surface area contributed by atoms with Crippen LogP contribution in [0.4, 0.5) is 0 Å². The lowest BCUT2D eigenvalue weighted by Gasteiger charge is -2.28. The van der Waals surface area contributed by atoms with Crippen molar-refractivity contribution in [2.24, 2.45) is 11.3 Å². The van der Waals surface area contributed by atoms with E-state index in [4.69, 9.17) is 4.74 Å². The van der Waals surface area contributed by atoms with E-state index in [1.165, 1.54) is 0 Å². The second-order valence-corrected chi connectivity index (χ2v) is 6.24. The number of carboxylic acid groups (broad SMARTS) is 1. The van der Waals surface area contributed by atoms with E-state index in [2.05, 4.69) is 13.8 Å². The summed E-state index contributed by atoms with van der Waals surface area (Å²) >= 11 is 0. The van der Waals surface area contributed by atoms with Gasteiger partial charge in [0.15, 0.2) is 0 Å². The van der Waals surface area contributed by atoms with Gasteiger partial charge in [-0.3, -0.25) is 4.79 Å². The lowest BCUT2D eigenvalue weighted by atomic mass is 9.79. The van der Waals surface area contributed by atoms with E-state index in [9.17, 15) is 9.90 Å². The van der Waals surface area contributed by atoms with E-state index in [0.29, 0.717) is 12.3 Å². The Balaban J connectivity index is 1.99. The fourth-order valence-corrected chi connectivity index (χ4v) is 2.84. The first-order chi connectivity index (χ1) is 7.33. The van der Waals surface area contributed by atoms with Crippen LogP contribution in [0.15, 0.2) is 0 Å². The van der Waals surface area contributed by atoms with Crippen LogP contribution in [0.25, 0.3) is 0 Å². The Morgan fingerprint density at radius 2 is 2.06 bits per heavy atom. The SMILES string of the molecule is CC1(C)CCC(CC(C)(C(=O)O)C2CC2)O1. The van der Waals surface area contributed by atoms with E-state index in [0.717, 1.165) is 25.7 Å². The Morgan fingerprint density at radius 1 is 1.44 bits per heavy atom. The van der Waals surface area contributed by atoms with Crippen molar-refractivity contribution in [2.45, 2.75) is 64.6 Å². The monoisotopic (exact) mass is 226 g/mol. The topological polar surface area (TPSA) is 46.5 Å². The fourth-order valence-electron chi connectivity index (χ4n) is 2.84. The van der Waals surface area contributed by atoms with Crippen LogP contribution >= 0.6 is 0 Å². The highest BCUT2D eigenvalue weighted by molar-refractivity contribution is 5.75. The number of carbonyl (C=O) groups is 1. The molecule has 16 heavy (non-hydrogen) atoms.